The summed E-state index contributed by atoms with van der Waals surface area (Å²) in [4.78, 5) is 17.5. The van der Waals surface area contributed by atoms with Crippen molar-refractivity contribution < 1.29 is 9.90 Å². The van der Waals surface area contributed by atoms with Crippen LogP contribution in [0, 0.1) is 6.92 Å². The lowest BCUT2D eigenvalue weighted by molar-refractivity contribution is -0.136. The number of carbonyl (C=O) groups is 1. The number of aryl methyl sites for hydroxylation is 1. The van der Waals surface area contributed by atoms with Gasteiger partial charge in [0, 0.05) is 19.3 Å². The number of benzene rings is 1. The van der Waals surface area contributed by atoms with Crippen LogP contribution in [0.3, 0.4) is 0 Å². The van der Waals surface area contributed by atoms with Gasteiger partial charge < -0.3 is 10.0 Å². The molecule has 0 saturated carbocycles. The lowest BCUT2D eigenvalue weighted by Crippen LogP contribution is -2.31. The summed E-state index contributed by atoms with van der Waals surface area (Å²) in [5.74, 6) is -0.779. The van der Waals surface area contributed by atoms with E-state index in [0.29, 0.717) is 0 Å². The number of carboxylic acid groups (broad SMARTS) is 1. The van der Waals surface area contributed by atoms with E-state index >= 15 is 0 Å². The molecular formula is C17H18N2O2. The van der Waals surface area contributed by atoms with Crippen molar-refractivity contribution in [2.24, 2.45) is 0 Å². The van der Waals surface area contributed by atoms with Crippen molar-refractivity contribution in [2.45, 2.75) is 26.3 Å². The van der Waals surface area contributed by atoms with Crippen molar-refractivity contribution in [2.75, 3.05) is 11.4 Å². The van der Waals surface area contributed by atoms with Gasteiger partial charge in [-0.2, -0.15) is 0 Å². The molecule has 0 fully saturated rings. The molecule has 0 atom stereocenters. The maximum Gasteiger partial charge on any atom is 0.307 e. The maximum absolute atomic E-state index is 10.8. The van der Waals surface area contributed by atoms with Crippen molar-refractivity contribution in [1.29, 1.82) is 0 Å². The van der Waals surface area contributed by atoms with Gasteiger partial charge in [-0.3, -0.25) is 9.78 Å². The Morgan fingerprint density at radius 2 is 2.19 bits per heavy atom. The fourth-order valence-electron chi connectivity index (χ4n) is 2.91. The third-order valence-electron chi connectivity index (χ3n) is 3.96. The van der Waals surface area contributed by atoms with Gasteiger partial charge in [0.05, 0.1) is 17.8 Å². The highest BCUT2D eigenvalue weighted by Gasteiger charge is 2.18. The van der Waals surface area contributed by atoms with Crippen LogP contribution in [0.4, 0.5) is 5.69 Å². The highest BCUT2D eigenvalue weighted by atomic mass is 16.4. The smallest absolute Gasteiger partial charge is 0.307 e. The summed E-state index contributed by atoms with van der Waals surface area (Å²) in [5, 5.41) is 8.88. The Kier molecular flexibility index (Phi) is 3.60. The predicted molar refractivity (Wildman–Crippen MR) is 81.5 cm³/mol. The zero-order valence-corrected chi connectivity index (χ0v) is 12.0. The molecule has 2 heterocycles. The highest BCUT2D eigenvalue weighted by Crippen LogP contribution is 2.26. The number of hydrogen-bond acceptors (Lipinski definition) is 3. The lowest BCUT2D eigenvalue weighted by Gasteiger charge is -2.31. The first-order valence-electron chi connectivity index (χ1n) is 7.12. The summed E-state index contributed by atoms with van der Waals surface area (Å²) in [6.07, 6.45) is 2.85. The summed E-state index contributed by atoms with van der Waals surface area (Å²) < 4.78 is 0. The summed E-state index contributed by atoms with van der Waals surface area (Å²) in [7, 11) is 0. The molecular weight excluding hydrogens is 264 g/mol. The second-order valence-corrected chi connectivity index (χ2v) is 5.45. The number of hydrogen-bond donors (Lipinski definition) is 1. The average Bonchev–Trinajstić information content (AvgIpc) is 2.47. The molecule has 21 heavy (non-hydrogen) atoms. The molecule has 1 aliphatic heterocycles. The lowest BCUT2D eigenvalue weighted by atomic mass is 9.96. The van der Waals surface area contributed by atoms with Crippen LogP contribution in [-0.2, 0) is 24.2 Å². The van der Waals surface area contributed by atoms with Crippen molar-refractivity contribution in [1.82, 2.24) is 4.98 Å². The molecule has 2 aromatic rings. The number of aromatic nitrogens is 1. The quantitative estimate of drug-likeness (QED) is 0.940. The van der Waals surface area contributed by atoms with Crippen LogP contribution in [0.25, 0.3) is 0 Å². The van der Waals surface area contributed by atoms with E-state index in [1.54, 1.807) is 0 Å². The van der Waals surface area contributed by atoms with E-state index in [1.807, 2.05) is 31.3 Å². The zero-order chi connectivity index (χ0) is 14.8. The number of anilines is 1. The first-order valence-corrected chi connectivity index (χ1v) is 7.12. The second-order valence-electron chi connectivity index (χ2n) is 5.45. The third-order valence-corrected chi connectivity index (χ3v) is 3.96. The fourth-order valence-corrected chi connectivity index (χ4v) is 2.91. The Morgan fingerprint density at radius 1 is 1.33 bits per heavy atom. The summed E-state index contributed by atoms with van der Waals surface area (Å²) in [5.41, 5.74) is 5.65. The number of pyridine rings is 1. The largest absolute Gasteiger partial charge is 0.481 e. The second kappa shape index (κ2) is 5.56. The Labute approximate surface area is 124 Å². The van der Waals surface area contributed by atoms with E-state index in [9.17, 15) is 4.79 Å². The number of nitrogens with zero attached hydrogens (tertiary/aromatic N) is 2. The molecule has 3 rings (SSSR count). The molecule has 0 amide bonds. The molecule has 1 N–H and O–H groups in total. The van der Waals surface area contributed by atoms with Gasteiger partial charge >= 0.3 is 5.97 Å². The van der Waals surface area contributed by atoms with Gasteiger partial charge in [-0.25, -0.2) is 0 Å². The standard InChI is InChI=1S/C17H18N2O2/c1-12-16(3-2-7-18-12)19-8-6-14-9-13(10-17(20)21)4-5-15(14)11-19/h2-5,7,9H,6,8,10-11H2,1H3,(H,20,21). The van der Waals surface area contributed by atoms with Crippen LogP contribution in [-0.4, -0.2) is 22.6 Å². The van der Waals surface area contributed by atoms with Crippen LogP contribution in [0.15, 0.2) is 36.5 Å². The third kappa shape index (κ3) is 2.89. The molecule has 0 saturated heterocycles. The number of rotatable bonds is 3. The van der Waals surface area contributed by atoms with E-state index in [2.05, 4.69) is 22.0 Å². The Balaban J connectivity index is 1.83. The minimum atomic E-state index is -0.779. The molecule has 0 spiro atoms. The monoisotopic (exact) mass is 282 g/mol. The van der Waals surface area contributed by atoms with Gasteiger partial charge in [0.2, 0.25) is 0 Å². The minimum Gasteiger partial charge on any atom is -0.481 e. The molecule has 0 aliphatic carbocycles. The molecule has 108 valence electrons. The van der Waals surface area contributed by atoms with Crippen LogP contribution >= 0.6 is 0 Å². The summed E-state index contributed by atoms with van der Waals surface area (Å²) >= 11 is 0. The SMILES string of the molecule is Cc1ncccc1N1CCc2cc(CC(=O)O)ccc2C1. The summed E-state index contributed by atoms with van der Waals surface area (Å²) in [6.45, 7) is 3.83. The zero-order valence-electron chi connectivity index (χ0n) is 12.0. The summed E-state index contributed by atoms with van der Waals surface area (Å²) in [6, 6.07) is 10.1. The molecule has 1 aromatic heterocycles. The Bertz CT molecular complexity index is 682. The van der Waals surface area contributed by atoms with E-state index in [0.717, 1.165) is 30.8 Å². The number of aliphatic carboxylic acids is 1. The van der Waals surface area contributed by atoms with Crippen molar-refractivity contribution >= 4 is 11.7 Å². The normalized spacial score (nSPS) is 13.9. The molecule has 1 aromatic carbocycles. The highest BCUT2D eigenvalue weighted by molar-refractivity contribution is 5.70. The van der Waals surface area contributed by atoms with Gasteiger partial charge in [0.15, 0.2) is 0 Å². The molecule has 4 nitrogen and oxygen atoms in total. The van der Waals surface area contributed by atoms with E-state index in [-0.39, 0.29) is 6.42 Å². The predicted octanol–water partition coefficient (Wildman–Crippen LogP) is 2.58. The van der Waals surface area contributed by atoms with Crippen molar-refractivity contribution in [3.05, 3.63) is 58.9 Å². The molecule has 0 radical (unpaired) electrons. The maximum atomic E-state index is 10.8. The number of carboxylic acids is 1. The van der Waals surface area contributed by atoms with Crippen molar-refractivity contribution in [3.63, 3.8) is 0 Å². The molecule has 0 unspecified atom stereocenters. The van der Waals surface area contributed by atoms with E-state index in [4.69, 9.17) is 5.11 Å². The van der Waals surface area contributed by atoms with Crippen LogP contribution in [0.1, 0.15) is 22.4 Å². The van der Waals surface area contributed by atoms with Gasteiger partial charge in [0.1, 0.15) is 0 Å². The van der Waals surface area contributed by atoms with Gasteiger partial charge in [-0.1, -0.05) is 18.2 Å². The first kappa shape index (κ1) is 13.6. The van der Waals surface area contributed by atoms with Gasteiger partial charge in [0.25, 0.3) is 0 Å². The molecule has 1 aliphatic rings. The Morgan fingerprint density at radius 3 is 2.95 bits per heavy atom. The van der Waals surface area contributed by atoms with E-state index in [1.165, 1.54) is 16.8 Å². The van der Waals surface area contributed by atoms with Crippen molar-refractivity contribution in [3.8, 4) is 0 Å². The van der Waals surface area contributed by atoms with Crippen LogP contribution in [0.2, 0.25) is 0 Å². The topological polar surface area (TPSA) is 53.4 Å². The Hall–Kier alpha value is -2.36. The van der Waals surface area contributed by atoms with E-state index < -0.39 is 5.97 Å². The fraction of sp³-hybridized carbons (Fsp3) is 0.294. The molecule has 0 bridgehead atoms. The van der Waals surface area contributed by atoms with Gasteiger partial charge in [-0.05, 0) is 42.2 Å². The number of fused-ring (bicyclic) bond motifs is 1. The van der Waals surface area contributed by atoms with Gasteiger partial charge in [-0.15, -0.1) is 0 Å². The molecule has 4 heteroatoms. The van der Waals surface area contributed by atoms with Crippen LogP contribution < -0.4 is 4.90 Å². The van der Waals surface area contributed by atoms with Crippen LogP contribution in [0.5, 0.6) is 0 Å². The average molecular weight is 282 g/mol. The first-order chi connectivity index (χ1) is 10.1. The minimum absolute atomic E-state index is 0.0959.